The quantitative estimate of drug-likeness (QED) is 0.391. The minimum Gasteiger partial charge on any atom is -0.497 e. The zero-order valence-corrected chi connectivity index (χ0v) is 20.6. The lowest BCUT2D eigenvalue weighted by Crippen LogP contribution is -2.46. The van der Waals surface area contributed by atoms with Gasteiger partial charge in [0.2, 0.25) is 0 Å². The topological polar surface area (TPSA) is 100 Å². The van der Waals surface area contributed by atoms with E-state index >= 15 is 0 Å². The number of nitrogens with zero attached hydrogens (tertiary/aromatic N) is 1. The lowest BCUT2D eigenvalue weighted by Gasteiger charge is -2.29. The number of esters is 1. The second-order valence-electron chi connectivity index (χ2n) is 8.33. The summed E-state index contributed by atoms with van der Waals surface area (Å²) in [6.45, 7) is -0.184. The lowest BCUT2D eigenvalue weighted by atomic mass is 9.93. The van der Waals surface area contributed by atoms with Gasteiger partial charge in [-0.1, -0.05) is 41.9 Å². The fourth-order valence-electron chi connectivity index (χ4n) is 4.06. The second-order valence-corrected chi connectivity index (χ2v) is 8.77. The van der Waals surface area contributed by atoms with Crippen molar-refractivity contribution in [3.8, 4) is 11.8 Å². The molecule has 3 aromatic carbocycles. The van der Waals surface area contributed by atoms with Crippen molar-refractivity contribution in [2.75, 3.05) is 7.11 Å². The molecule has 37 heavy (non-hydrogen) atoms. The number of aryl methyl sites for hydroxylation is 1. The van der Waals surface area contributed by atoms with E-state index in [2.05, 4.69) is 10.6 Å². The summed E-state index contributed by atoms with van der Waals surface area (Å²) in [6, 6.07) is 18.8. The van der Waals surface area contributed by atoms with Crippen molar-refractivity contribution in [1.82, 2.24) is 10.6 Å². The summed E-state index contributed by atoms with van der Waals surface area (Å²) in [5, 5.41) is 15.1. The number of hydrogen-bond acceptors (Lipinski definition) is 5. The number of nitrogens with one attached hydrogen (secondary N) is 2. The predicted octanol–water partition coefficient (Wildman–Crippen LogP) is 5.34. The first-order valence-electron chi connectivity index (χ1n) is 11.4. The van der Waals surface area contributed by atoms with Crippen LogP contribution in [0.1, 0.15) is 34.7 Å². The van der Waals surface area contributed by atoms with Gasteiger partial charge in [-0.3, -0.25) is 0 Å². The summed E-state index contributed by atoms with van der Waals surface area (Å²) < 4.78 is 24.5. The number of halogens is 2. The highest BCUT2D eigenvalue weighted by Gasteiger charge is 2.33. The number of allylic oxidation sites excluding steroid dienone is 1. The molecule has 1 heterocycles. The number of urea groups is 1. The Morgan fingerprint density at radius 2 is 1.89 bits per heavy atom. The third-order valence-electron chi connectivity index (χ3n) is 5.87. The predicted molar refractivity (Wildman–Crippen MR) is 135 cm³/mol. The maximum absolute atomic E-state index is 13.7. The molecule has 2 amide bonds. The normalized spacial score (nSPS) is 14.9. The summed E-state index contributed by atoms with van der Waals surface area (Å²) in [4.78, 5) is 26.0. The molecule has 0 saturated heterocycles. The largest absolute Gasteiger partial charge is 0.497 e. The highest BCUT2D eigenvalue weighted by Crippen LogP contribution is 2.31. The Labute approximate surface area is 218 Å². The van der Waals surface area contributed by atoms with Gasteiger partial charge in [0, 0.05) is 10.7 Å². The molecule has 1 aliphatic heterocycles. The lowest BCUT2D eigenvalue weighted by molar-refractivity contribution is -0.140. The summed E-state index contributed by atoms with van der Waals surface area (Å²) in [7, 11) is 1.58. The number of benzene rings is 3. The number of ether oxygens (including phenoxy) is 2. The fourth-order valence-corrected chi connectivity index (χ4v) is 4.26. The molecule has 2 N–H and O–H groups in total. The second kappa shape index (κ2) is 11.6. The first-order chi connectivity index (χ1) is 17.9. The number of rotatable bonds is 8. The third-order valence-corrected chi connectivity index (χ3v) is 6.11. The van der Waals surface area contributed by atoms with E-state index < -0.39 is 23.9 Å². The van der Waals surface area contributed by atoms with E-state index in [1.165, 1.54) is 12.1 Å². The van der Waals surface area contributed by atoms with Gasteiger partial charge in [0.15, 0.2) is 0 Å². The van der Waals surface area contributed by atoms with E-state index in [0.29, 0.717) is 40.4 Å². The van der Waals surface area contributed by atoms with Gasteiger partial charge < -0.3 is 20.1 Å². The van der Waals surface area contributed by atoms with Crippen LogP contribution in [0.3, 0.4) is 0 Å². The van der Waals surface area contributed by atoms with Crippen LogP contribution in [0.2, 0.25) is 5.02 Å². The first-order valence-corrected chi connectivity index (χ1v) is 11.8. The van der Waals surface area contributed by atoms with Crippen LogP contribution >= 0.6 is 11.6 Å². The Morgan fingerprint density at radius 1 is 1.08 bits per heavy atom. The van der Waals surface area contributed by atoms with Crippen molar-refractivity contribution in [2.24, 2.45) is 0 Å². The maximum Gasteiger partial charge on any atom is 0.338 e. The van der Waals surface area contributed by atoms with E-state index in [1.54, 1.807) is 37.4 Å². The van der Waals surface area contributed by atoms with Gasteiger partial charge in [-0.05, 0) is 65.9 Å². The van der Waals surface area contributed by atoms with E-state index in [1.807, 2.05) is 24.3 Å². The van der Waals surface area contributed by atoms with E-state index in [0.717, 1.165) is 11.6 Å². The Bertz CT molecular complexity index is 1420. The summed E-state index contributed by atoms with van der Waals surface area (Å²) in [5.41, 5.74) is 2.53. The first kappa shape index (κ1) is 25.7. The zero-order chi connectivity index (χ0) is 26.4. The fraction of sp³-hybridized carbons (Fsp3) is 0.179. The molecule has 1 unspecified atom stereocenters. The van der Waals surface area contributed by atoms with Crippen LogP contribution in [0.4, 0.5) is 9.18 Å². The molecule has 9 heteroatoms. The molecule has 0 radical (unpaired) electrons. The smallest absolute Gasteiger partial charge is 0.338 e. The molecule has 0 aromatic heterocycles. The molecular weight excluding hydrogens is 497 g/mol. The van der Waals surface area contributed by atoms with Crippen molar-refractivity contribution >= 4 is 23.6 Å². The van der Waals surface area contributed by atoms with Crippen molar-refractivity contribution in [2.45, 2.75) is 25.5 Å². The summed E-state index contributed by atoms with van der Waals surface area (Å²) >= 11 is 6.19. The SMILES string of the molecule is COc1cccc(CCC2=C(C(=O)OCc3ccc(F)c(C#N)c3)C(c3cccc(Cl)c3)NC(=O)N2)c1. The van der Waals surface area contributed by atoms with Gasteiger partial charge in [-0.15, -0.1) is 0 Å². The third kappa shape index (κ3) is 6.26. The molecular formula is C28H23ClFN3O4. The van der Waals surface area contributed by atoms with E-state index in [4.69, 9.17) is 26.3 Å². The van der Waals surface area contributed by atoms with Crippen LogP contribution < -0.4 is 15.4 Å². The number of amides is 2. The zero-order valence-electron chi connectivity index (χ0n) is 19.9. The molecule has 7 nitrogen and oxygen atoms in total. The van der Waals surface area contributed by atoms with Gasteiger partial charge >= 0.3 is 12.0 Å². The number of hydrogen-bond donors (Lipinski definition) is 2. The Morgan fingerprint density at radius 3 is 2.65 bits per heavy atom. The molecule has 0 aliphatic carbocycles. The van der Waals surface area contributed by atoms with Gasteiger partial charge in [-0.2, -0.15) is 5.26 Å². The minimum atomic E-state index is -0.803. The Balaban J connectivity index is 1.65. The van der Waals surface area contributed by atoms with Crippen LogP contribution in [0.25, 0.3) is 0 Å². The highest BCUT2D eigenvalue weighted by atomic mass is 35.5. The summed E-state index contributed by atoms with van der Waals surface area (Å²) in [6.07, 6.45) is 0.868. The molecule has 4 rings (SSSR count). The number of carbonyl (C=O) groups excluding carboxylic acids is 2. The molecule has 0 fully saturated rings. The van der Waals surface area contributed by atoms with Gasteiger partial charge in [0.1, 0.15) is 24.2 Å². The molecule has 0 bridgehead atoms. The molecule has 188 valence electrons. The maximum atomic E-state index is 13.7. The van der Waals surface area contributed by atoms with Gasteiger partial charge in [-0.25, -0.2) is 14.0 Å². The number of carbonyl (C=O) groups is 2. The highest BCUT2D eigenvalue weighted by molar-refractivity contribution is 6.30. The van der Waals surface area contributed by atoms with Gasteiger partial charge in [0.05, 0.1) is 24.3 Å². The van der Waals surface area contributed by atoms with Crippen LogP contribution in [-0.2, 0) is 22.6 Å². The minimum absolute atomic E-state index is 0.143. The molecule has 3 aromatic rings. The van der Waals surface area contributed by atoms with Crippen molar-refractivity contribution in [1.29, 1.82) is 5.26 Å². The van der Waals surface area contributed by atoms with E-state index in [-0.39, 0.29) is 17.7 Å². The number of methoxy groups -OCH3 is 1. The Hall–Kier alpha value is -4.35. The summed E-state index contributed by atoms with van der Waals surface area (Å²) in [5.74, 6) is -0.616. The Kier molecular flexibility index (Phi) is 8.06. The van der Waals surface area contributed by atoms with Crippen LogP contribution in [0.15, 0.2) is 78.0 Å². The van der Waals surface area contributed by atoms with Crippen molar-refractivity contribution < 1.29 is 23.5 Å². The molecule has 1 aliphatic rings. The van der Waals surface area contributed by atoms with Crippen molar-refractivity contribution in [3.63, 3.8) is 0 Å². The number of nitriles is 1. The monoisotopic (exact) mass is 519 g/mol. The molecule has 0 saturated carbocycles. The van der Waals surface area contributed by atoms with E-state index in [9.17, 15) is 14.0 Å². The average Bonchev–Trinajstić information content (AvgIpc) is 2.91. The van der Waals surface area contributed by atoms with Crippen molar-refractivity contribution in [3.05, 3.63) is 111 Å². The van der Waals surface area contributed by atoms with Crippen LogP contribution in [-0.4, -0.2) is 19.1 Å². The standard InChI is InChI=1S/C28H23ClFN3O4/c1-36-22-7-2-4-17(13-22)9-11-24-25(26(33-28(35)32-24)19-5-3-6-21(29)14-19)27(34)37-16-18-8-10-23(30)20(12-18)15-31/h2-8,10,12-14,26H,9,11,16H2,1H3,(H2,32,33,35). The average molecular weight is 520 g/mol. The molecule has 1 atom stereocenters. The van der Waals surface area contributed by atoms with Crippen LogP contribution in [0.5, 0.6) is 5.75 Å². The molecule has 0 spiro atoms. The van der Waals surface area contributed by atoms with Crippen LogP contribution in [0, 0.1) is 17.1 Å². The van der Waals surface area contributed by atoms with Gasteiger partial charge in [0.25, 0.3) is 0 Å².